The molecule has 1 heterocycles. The zero-order valence-corrected chi connectivity index (χ0v) is 17.8. The summed E-state index contributed by atoms with van der Waals surface area (Å²) in [5, 5.41) is 6.61. The van der Waals surface area contributed by atoms with Gasteiger partial charge in [0, 0.05) is 31.9 Å². The highest BCUT2D eigenvalue weighted by atomic mass is 16.5. The van der Waals surface area contributed by atoms with Crippen molar-refractivity contribution in [1.82, 2.24) is 10.6 Å². The number of ether oxygens (including phenoxy) is 3. The number of hydrogen-bond donors (Lipinski definition) is 2. The highest BCUT2D eigenvalue weighted by Gasteiger charge is 2.15. The van der Waals surface area contributed by atoms with Crippen LogP contribution in [0.5, 0.6) is 5.75 Å². The van der Waals surface area contributed by atoms with Gasteiger partial charge in [-0.15, -0.1) is 0 Å². The normalized spacial score (nSPS) is 16.4. The molecule has 162 valence electrons. The number of nitrogens with zero attached hydrogens (tertiary/aromatic N) is 1. The molecule has 0 saturated carbocycles. The Bertz CT molecular complexity index is 761. The van der Waals surface area contributed by atoms with Crippen molar-refractivity contribution in [2.45, 2.75) is 25.9 Å². The van der Waals surface area contributed by atoms with Crippen molar-refractivity contribution in [3.63, 3.8) is 0 Å². The Morgan fingerprint density at radius 3 is 2.70 bits per heavy atom. The summed E-state index contributed by atoms with van der Waals surface area (Å²) in [4.78, 5) is 4.61. The lowest BCUT2D eigenvalue weighted by atomic mass is 10.1. The first-order valence-corrected chi connectivity index (χ1v) is 10.9. The first-order valence-electron chi connectivity index (χ1n) is 10.9. The summed E-state index contributed by atoms with van der Waals surface area (Å²) in [6, 6.07) is 18.4. The van der Waals surface area contributed by atoms with Crippen molar-refractivity contribution in [2.24, 2.45) is 4.99 Å². The number of benzene rings is 2. The van der Waals surface area contributed by atoms with Crippen LogP contribution >= 0.6 is 0 Å². The molecule has 0 aliphatic carbocycles. The number of rotatable bonds is 11. The van der Waals surface area contributed by atoms with E-state index in [2.05, 4.69) is 40.7 Å². The third kappa shape index (κ3) is 7.35. The Morgan fingerprint density at radius 2 is 1.90 bits per heavy atom. The van der Waals surface area contributed by atoms with Crippen LogP contribution in [0.3, 0.4) is 0 Å². The largest absolute Gasteiger partial charge is 0.491 e. The molecule has 0 radical (unpaired) electrons. The standard InChI is InChI=1S/C24H33N3O3/c1-2-25-24(26-14-8-16-29-21-13-17-28-19-21)27-15-18-30-23-12-7-6-11-22(23)20-9-4-3-5-10-20/h3-7,9-12,21H,2,8,13-19H2,1H3,(H2,25,26,27). The van der Waals surface area contributed by atoms with E-state index in [-0.39, 0.29) is 6.10 Å². The molecule has 6 nitrogen and oxygen atoms in total. The molecule has 6 heteroatoms. The average Bonchev–Trinajstić information content (AvgIpc) is 3.31. The second-order valence-corrected chi connectivity index (χ2v) is 7.11. The van der Waals surface area contributed by atoms with Crippen molar-refractivity contribution < 1.29 is 14.2 Å². The molecule has 1 atom stereocenters. The smallest absolute Gasteiger partial charge is 0.191 e. The van der Waals surface area contributed by atoms with Crippen LogP contribution in [0.25, 0.3) is 11.1 Å². The molecule has 1 fully saturated rings. The summed E-state index contributed by atoms with van der Waals surface area (Å²) in [5.41, 5.74) is 2.26. The number of aliphatic imine (C=N–C) groups is 1. The fraction of sp³-hybridized carbons (Fsp3) is 0.458. The van der Waals surface area contributed by atoms with E-state index >= 15 is 0 Å². The molecule has 1 aliphatic rings. The van der Waals surface area contributed by atoms with Crippen molar-refractivity contribution >= 4 is 5.96 Å². The van der Waals surface area contributed by atoms with Crippen LogP contribution in [0.15, 0.2) is 59.6 Å². The average molecular weight is 412 g/mol. The van der Waals surface area contributed by atoms with E-state index in [4.69, 9.17) is 14.2 Å². The van der Waals surface area contributed by atoms with Crippen LogP contribution in [-0.2, 0) is 9.47 Å². The molecule has 3 rings (SSSR count). The molecule has 0 bridgehead atoms. The second kappa shape index (κ2) is 12.9. The van der Waals surface area contributed by atoms with Crippen LogP contribution in [0.1, 0.15) is 19.8 Å². The minimum Gasteiger partial charge on any atom is -0.491 e. The molecule has 2 aromatic carbocycles. The van der Waals surface area contributed by atoms with E-state index in [1.165, 1.54) is 0 Å². The molecule has 2 N–H and O–H groups in total. The van der Waals surface area contributed by atoms with E-state index in [9.17, 15) is 0 Å². The predicted molar refractivity (Wildman–Crippen MR) is 121 cm³/mol. The maximum absolute atomic E-state index is 6.04. The van der Waals surface area contributed by atoms with E-state index in [1.807, 2.05) is 36.4 Å². The second-order valence-electron chi connectivity index (χ2n) is 7.11. The molecule has 30 heavy (non-hydrogen) atoms. The molecule has 2 aromatic rings. The van der Waals surface area contributed by atoms with Crippen LogP contribution in [-0.4, -0.2) is 58.1 Å². The van der Waals surface area contributed by atoms with Gasteiger partial charge in [0.25, 0.3) is 0 Å². The number of nitrogens with one attached hydrogen (secondary N) is 2. The molecule has 0 spiro atoms. The number of hydrogen-bond acceptors (Lipinski definition) is 4. The summed E-state index contributed by atoms with van der Waals surface area (Å²) in [6.45, 7) is 7.09. The minimum atomic E-state index is 0.260. The van der Waals surface area contributed by atoms with Gasteiger partial charge in [-0.05, 0) is 31.4 Å². The van der Waals surface area contributed by atoms with Gasteiger partial charge >= 0.3 is 0 Å². The summed E-state index contributed by atoms with van der Waals surface area (Å²) < 4.78 is 17.1. The van der Waals surface area contributed by atoms with Gasteiger partial charge in [-0.25, -0.2) is 0 Å². The van der Waals surface area contributed by atoms with Gasteiger partial charge in [0.15, 0.2) is 5.96 Å². The van der Waals surface area contributed by atoms with Gasteiger partial charge in [-0.3, -0.25) is 4.99 Å². The summed E-state index contributed by atoms with van der Waals surface area (Å²) >= 11 is 0. The Hall–Kier alpha value is -2.57. The zero-order valence-electron chi connectivity index (χ0n) is 17.8. The van der Waals surface area contributed by atoms with Gasteiger partial charge in [-0.2, -0.15) is 0 Å². The van der Waals surface area contributed by atoms with Crippen LogP contribution in [0.2, 0.25) is 0 Å². The van der Waals surface area contributed by atoms with Crippen molar-refractivity contribution in [3.8, 4) is 16.9 Å². The number of para-hydroxylation sites is 1. The SMILES string of the molecule is CCNC(=NCCCOC1CCOC1)NCCOc1ccccc1-c1ccccc1. The van der Waals surface area contributed by atoms with E-state index < -0.39 is 0 Å². The highest BCUT2D eigenvalue weighted by Crippen LogP contribution is 2.29. The van der Waals surface area contributed by atoms with Crippen molar-refractivity contribution in [2.75, 3.05) is 46.1 Å². The Morgan fingerprint density at radius 1 is 1.07 bits per heavy atom. The maximum Gasteiger partial charge on any atom is 0.191 e. The third-order valence-corrected chi connectivity index (χ3v) is 4.78. The molecule has 1 saturated heterocycles. The van der Waals surface area contributed by atoms with E-state index in [0.717, 1.165) is 68.6 Å². The molecule has 1 aliphatic heterocycles. The first kappa shape index (κ1) is 22.1. The van der Waals surface area contributed by atoms with Gasteiger partial charge in [0.1, 0.15) is 12.4 Å². The summed E-state index contributed by atoms with van der Waals surface area (Å²) in [5.74, 6) is 1.70. The number of guanidine groups is 1. The molecular weight excluding hydrogens is 378 g/mol. The lowest BCUT2D eigenvalue weighted by Gasteiger charge is -2.14. The van der Waals surface area contributed by atoms with Gasteiger partial charge in [0.05, 0.1) is 19.3 Å². The lowest BCUT2D eigenvalue weighted by Crippen LogP contribution is -2.39. The summed E-state index contributed by atoms with van der Waals surface area (Å²) in [6.07, 6.45) is 2.16. The monoisotopic (exact) mass is 411 g/mol. The van der Waals surface area contributed by atoms with Gasteiger partial charge in [-0.1, -0.05) is 48.5 Å². The van der Waals surface area contributed by atoms with Crippen molar-refractivity contribution in [1.29, 1.82) is 0 Å². The lowest BCUT2D eigenvalue weighted by molar-refractivity contribution is 0.0424. The predicted octanol–water partition coefficient (Wildman–Crippen LogP) is 3.48. The Balaban J connectivity index is 1.40. The summed E-state index contributed by atoms with van der Waals surface area (Å²) in [7, 11) is 0. The van der Waals surface area contributed by atoms with E-state index in [1.54, 1.807) is 0 Å². The maximum atomic E-state index is 6.04. The Labute approximate surface area is 179 Å². The molecular formula is C24H33N3O3. The molecule has 0 aromatic heterocycles. The molecule has 0 amide bonds. The van der Waals surface area contributed by atoms with Gasteiger partial charge < -0.3 is 24.8 Å². The minimum absolute atomic E-state index is 0.260. The first-order chi connectivity index (χ1) is 14.9. The topological polar surface area (TPSA) is 64.1 Å². The van der Waals surface area contributed by atoms with Crippen LogP contribution < -0.4 is 15.4 Å². The third-order valence-electron chi connectivity index (χ3n) is 4.78. The highest BCUT2D eigenvalue weighted by molar-refractivity contribution is 5.79. The quantitative estimate of drug-likeness (QED) is 0.337. The fourth-order valence-electron chi connectivity index (χ4n) is 3.27. The van der Waals surface area contributed by atoms with Crippen LogP contribution in [0, 0.1) is 0 Å². The Kier molecular flexibility index (Phi) is 9.50. The van der Waals surface area contributed by atoms with E-state index in [0.29, 0.717) is 13.2 Å². The fourth-order valence-corrected chi connectivity index (χ4v) is 3.27. The van der Waals surface area contributed by atoms with Crippen molar-refractivity contribution in [3.05, 3.63) is 54.6 Å². The zero-order chi connectivity index (χ0) is 20.9. The van der Waals surface area contributed by atoms with Gasteiger partial charge in [0.2, 0.25) is 0 Å². The van der Waals surface area contributed by atoms with Crippen LogP contribution in [0.4, 0.5) is 0 Å². The molecule has 1 unspecified atom stereocenters.